The Balaban J connectivity index is 1.65. The van der Waals surface area contributed by atoms with Crippen LogP contribution in [-0.2, 0) is 4.74 Å². The van der Waals surface area contributed by atoms with E-state index in [1.807, 2.05) is 7.11 Å². The van der Waals surface area contributed by atoms with Crippen LogP contribution in [0.3, 0.4) is 0 Å². The number of ether oxygens (including phenoxy) is 1. The third-order valence-electron chi connectivity index (χ3n) is 3.68. The van der Waals surface area contributed by atoms with E-state index < -0.39 is 0 Å². The van der Waals surface area contributed by atoms with Gasteiger partial charge in [0.05, 0.1) is 6.10 Å². The van der Waals surface area contributed by atoms with Gasteiger partial charge in [0.15, 0.2) is 0 Å². The number of thioether (sulfide) groups is 1. The van der Waals surface area contributed by atoms with E-state index in [-0.39, 0.29) is 0 Å². The van der Waals surface area contributed by atoms with E-state index in [1.54, 1.807) is 0 Å². The summed E-state index contributed by atoms with van der Waals surface area (Å²) in [6, 6.07) is 0.717. The molecule has 1 aliphatic heterocycles. The molecule has 1 saturated heterocycles. The topological polar surface area (TPSA) is 21.3 Å². The molecule has 0 spiro atoms. The summed E-state index contributed by atoms with van der Waals surface area (Å²) < 4.78 is 5.45. The fraction of sp³-hybridized carbons (Fsp3) is 1.00. The molecule has 1 saturated carbocycles. The summed E-state index contributed by atoms with van der Waals surface area (Å²) in [5.41, 5.74) is 0. The Morgan fingerprint density at radius 1 is 1.33 bits per heavy atom. The van der Waals surface area contributed by atoms with Crippen molar-refractivity contribution in [1.29, 1.82) is 0 Å². The number of rotatable bonds is 4. The third-order valence-corrected chi connectivity index (χ3v) is 4.91. The van der Waals surface area contributed by atoms with Gasteiger partial charge in [-0.15, -0.1) is 0 Å². The minimum absolute atomic E-state index is 0.509. The molecule has 2 rings (SSSR count). The number of methoxy groups -OCH3 is 1. The highest BCUT2D eigenvalue weighted by molar-refractivity contribution is 7.99. The average Bonchev–Trinajstić information content (AvgIpc) is 2.79. The van der Waals surface area contributed by atoms with Crippen LogP contribution in [0, 0.1) is 5.92 Å². The predicted octanol–water partition coefficient (Wildman–Crippen LogP) is 2.29. The van der Waals surface area contributed by atoms with Gasteiger partial charge in [0.25, 0.3) is 0 Å². The summed E-state index contributed by atoms with van der Waals surface area (Å²) in [5, 5.41) is 3.73. The summed E-state index contributed by atoms with van der Waals surface area (Å²) in [5.74, 6) is 3.67. The van der Waals surface area contributed by atoms with Crippen LogP contribution in [0.2, 0.25) is 0 Å². The molecule has 2 fully saturated rings. The Morgan fingerprint density at radius 2 is 2.27 bits per heavy atom. The van der Waals surface area contributed by atoms with Crippen molar-refractivity contribution in [3.8, 4) is 0 Å². The molecular formula is C12H23NOS. The average molecular weight is 229 g/mol. The second-order valence-corrected chi connectivity index (χ2v) is 6.01. The van der Waals surface area contributed by atoms with E-state index in [0.29, 0.717) is 12.1 Å². The van der Waals surface area contributed by atoms with Gasteiger partial charge in [0, 0.05) is 13.2 Å². The molecule has 3 atom stereocenters. The molecule has 2 aliphatic rings. The number of nitrogens with one attached hydrogen (secondary N) is 1. The third kappa shape index (κ3) is 3.65. The zero-order valence-electron chi connectivity index (χ0n) is 9.71. The first-order valence-electron chi connectivity index (χ1n) is 6.22. The molecule has 1 aliphatic carbocycles. The summed E-state index contributed by atoms with van der Waals surface area (Å²) in [7, 11) is 1.85. The zero-order chi connectivity index (χ0) is 10.5. The molecule has 3 unspecified atom stereocenters. The van der Waals surface area contributed by atoms with Gasteiger partial charge in [-0.2, -0.15) is 11.8 Å². The van der Waals surface area contributed by atoms with Crippen molar-refractivity contribution in [3.05, 3.63) is 0 Å². The van der Waals surface area contributed by atoms with E-state index in [0.717, 1.165) is 5.92 Å². The fourth-order valence-electron chi connectivity index (χ4n) is 2.62. The molecule has 0 bridgehead atoms. The quantitative estimate of drug-likeness (QED) is 0.799. The second kappa shape index (κ2) is 6.12. The molecule has 3 heteroatoms. The van der Waals surface area contributed by atoms with Crippen molar-refractivity contribution in [2.24, 2.45) is 5.92 Å². The second-order valence-electron chi connectivity index (χ2n) is 4.86. The standard InChI is InChI=1S/C12H23NOS/c1-14-12-4-2-3-11(7-12)13-8-10-5-6-15-9-10/h10-13H,2-9H2,1H3. The van der Waals surface area contributed by atoms with Gasteiger partial charge >= 0.3 is 0 Å². The van der Waals surface area contributed by atoms with Crippen molar-refractivity contribution in [1.82, 2.24) is 5.32 Å². The van der Waals surface area contributed by atoms with Gasteiger partial charge in [-0.1, -0.05) is 0 Å². The molecule has 0 aromatic carbocycles. The Labute approximate surface area is 97.5 Å². The summed E-state index contributed by atoms with van der Waals surface area (Å²) in [4.78, 5) is 0. The first-order valence-corrected chi connectivity index (χ1v) is 7.38. The van der Waals surface area contributed by atoms with Gasteiger partial charge in [0.2, 0.25) is 0 Å². The van der Waals surface area contributed by atoms with E-state index in [2.05, 4.69) is 17.1 Å². The highest BCUT2D eigenvalue weighted by atomic mass is 32.2. The normalized spacial score (nSPS) is 37.0. The highest BCUT2D eigenvalue weighted by Gasteiger charge is 2.23. The van der Waals surface area contributed by atoms with Crippen molar-refractivity contribution >= 4 is 11.8 Å². The van der Waals surface area contributed by atoms with E-state index in [4.69, 9.17) is 4.74 Å². The number of hydrogen-bond donors (Lipinski definition) is 1. The van der Waals surface area contributed by atoms with E-state index >= 15 is 0 Å². The molecule has 1 heterocycles. The highest BCUT2D eigenvalue weighted by Crippen LogP contribution is 2.24. The lowest BCUT2D eigenvalue weighted by molar-refractivity contribution is 0.0584. The van der Waals surface area contributed by atoms with Crippen LogP contribution in [0.1, 0.15) is 32.1 Å². The maximum atomic E-state index is 5.45. The molecule has 0 aromatic heterocycles. The van der Waals surface area contributed by atoms with Gasteiger partial charge < -0.3 is 10.1 Å². The van der Waals surface area contributed by atoms with Crippen LogP contribution in [0.25, 0.3) is 0 Å². The Kier molecular flexibility index (Phi) is 4.79. The molecule has 0 amide bonds. The predicted molar refractivity (Wildman–Crippen MR) is 66.5 cm³/mol. The molecule has 1 N–H and O–H groups in total. The molecule has 0 aromatic rings. The molecular weight excluding hydrogens is 206 g/mol. The molecule has 88 valence electrons. The largest absolute Gasteiger partial charge is 0.381 e. The lowest BCUT2D eigenvalue weighted by Crippen LogP contribution is -2.39. The zero-order valence-corrected chi connectivity index (χ0v) is 10.5. The molecule has 2 nitrogen and oxygen atoms in total. The van der Waals surface area contributed by atoms with Gasteiger partial charge in [-0.3, -0.25) is 0 Å². The maximum absolute atomic E-state index is 5.45. The van der Waals surface area contributed by atoms with Crippen LogP contribution < -0.4 is 5.32 Å². The molecule has 15 heavy (non-hydrogen) atoms. The summed E-state index contributed by atoms with van der Waals surface area (Å²) in [6.07, 6.45) is 7.08. The van der Waals surface area contributed by atoms with Crippen LogP contribution in [-0.4, -0.2) is 37.3 Å². The summed E-state index contributed by atoms with van der Waals surface area (Å²) >= 11 is 2.11. The van der Waals surface area contributed by atoms with Gasteiger partial charge in [0.1, 0.15) is 0 Å². The monoisotopic (exact) mass is 229 g/mol. The Hall–Kier alpha value is 0.270. The summed E-state index contributed by atoms with van der Waals surface area (Å²) in [6.45, 7) is 1.23. The Bertz CT molecular complexity index is 182. The minimum Gasteiger partial charge on any atom is -0.381 e. The van der Waals surface area contributed by atoms with E-state index in [9.17, 15) is 0 Å². The van der Waals surface area contributed by atoms with Crippen molar-refractivity contribution in [3.63, 3.8) is 0 Å². The SMILES string of the molecule is COC1CCCC(NCC2CCSC2)C1. The first kappa shape index (κ1) is 11.7. The van der Waals surface area contributed by atoms with Crippen LogP contribution in [0.4, 0.5) is 0 Å². The van der Waals surface area contributed by atoms with Crippen LogP contribution >= 0.6 is 11.8 Å². The van der Waals surface area contributed by atoms with E-state index in [1.165, 1.54) is 50.2 Å². The fourth-order valence-corrected chi connectivity index (χ4v) is 3.91. The Morgan fingerprint density at radius 3 is 3.00 bits per heavy atom. The van der Waals surface area contributed by atoms with Crippen molar-refractivity contribution in [2.45, 2.75) is 44.2 Å². The van der Waals surface area contributed by atoms with Crippen molar-refractivity contribution in [2.75, 3.05) is 25.2 Å². The van der Waals surface area contributed by atoms with Gasteiger partial charge in [-0.05, 0) is 56.1 Å². The minimum atomic E-state index is 0.509. The van der Waals surface area contributed by atoms with Crippen LogP contribution in [0.15, 0.2) is 0 Å². The maximum Gasteiger partial charge on any atom is 0.0586 e. The lowest BCUT2D eigenvalue weighted by Gasteiger charge is -2.29. The van der Waals surface area contributed by atoms with Gasteiger partial charge in [-0.25, -0.2) is 0 Å². The molecule has 0 radical (unpaired) electrons. The van der Waals surface area contributed by atoms with Crippen molar-refractivity contribution < 1.29 is 4.74 Å². The smallest absolute Gasteiger partial charge is 0.0586 e. The lowest BCUT2D eigenvalue weighted by atomic mass is 9.92. The van der Waals surface area contributed by atoms with Crippen LogP contribution in [0.5, 0.6) is 0 Å². The first-order chi connectivity index (χ1) is 7.38. The number of hydrogen-bond acceptors (Lipinski definition) is 3.